The summed E-state index contributed by atoms with van der Waals surface area (Å²) in [6.45, 7) is 2.39. The number of hydrogen-bond donors (Lipinski definition) is 2. The maximum absolute atomic E-state index is 6.22. The first-order valence-corrected chi connectivity index (χ1v) is 7.32. The van der Waals surface area contributed by atoms with Gasteiger partial charge in [0, 0.05) is 35.0 Å². The van der Waals surface area contributed by atoms with Crippen molar-refractivity contribution < 1.29 is 5.32 Å². The molecule has 3 nitrogen and oxygen atoms in total. The SMILES string of the molecule is Clc1ccc(-c2cc(C3CC[NH2+]CC3)[nH]n2)c(Cl)c1. The number of rotatable bonds is 2. The summed E-state index contributed by atoms with van der Waals surface area (Å²) in [5.41, 5.74) is 3.04. The van der Waals surface area contributed by atoms with E-state index in [9.17, 15) is 0 Å². The normalized spacial score (nSPS) is 16.7. The molecule has 1 aromatic heterocycles. The Bertz CT molecular complexity index is 574. The molecule has 0 spiro atoms. The van der Waals surface area contributed by atoms with E-state index in [4.69, 9.17) is 23.2 Å². The van der Waals surface area contributed by atoms with Crippen molar-refractivity contribution in [3.05, 3.63) is 40.0 Å². The van der Waals surface area contributed by atoms with Crippen LogP contribution in [0.3, 0.4) is 0 Å². The van der Waals surface area contributed by atoms with Crippen LogP contribution in [0.1, 0.15) is 24.5 Å². The number of aromatic nitrogens is 2. The lowest BCUT2D eigenvalue weighted by molar-refractivity contribution is -0.663. The fourth-order valence-corrected chi connectivity index (χ4v) is 3.12. The van der Waals surface area contributed by atoms with Crippen LogP contribution in [0.4, 0.5) is 0 Å². The summed E-state index contributed by atoms with van der Waals surface area (Å²) in [4.78, 5) is 0. The molecule has 0 amide bonds. The molecular weight excluding hydrogens is 281 g/mol. The highest BCUT2D eigenvalue weighted by atomic mass is 35.5. The molecule has 1 aliphatic rings. The lowest BCUT2D eigenvalue weighted by Crippen LogP contribution is -2.86. The van der Waals surface area contributed by atoms with Gasteiger partial charge < -0.3 is 5.32 Å². The van der Waals surface area contributed by atoms with Gasteiger partial charge in [0.05, 0.1) is 23.8 Å². The average Bonchev–Trinajstić information content (AvgIpc) is 2.89. The molecule has 2 heterocycles. The van der Waals surface area contributed by atoms with Crippen molar-refractivity contribution in [3.63, 3.8) is 0 Å². The van der Waals surface area contributed by atoms with Gasteiger partial charge in [-0.2, -0.15) is 5.10 Å². The Kier molecular flexibility index (Phi) is 3.78. The minimum Gasteiger partial charge on any atom is -0.346 e. The zero-order valence-electron chi connectivity index (χ0n) is 10.5. The van der Waals surface area contributed by atoms with E-state index in [1.54, 1.807) is 6.07 Å². The number of H-pyrrole nitrogens is 1. The zero-order chi connectivity index (χ0) is 13.2. The molecule has 0 bridgehead atoms. The fourth-order valence-electron chi connectivity index (χ4n) is 2.62. The molecular formula is C14H16Cl2N3+. The van der Waals surface area contributed by atoms with Crippen LogP contribution >= 0.6 is 23.2 Å². The highest BCUT2D eigenvalue weighted by Crippen LogP contribution is 2.31. The molecule has 0 aliphatic carbocycles. The summed E-state index contributed by atoms with van der Waals surface area (Å²) in [5, 5.41) is 11.2. The van der Waals surface area contributed by atoms with Crippen LogP contribution in [-0.4, -0.2) is 23.3 Å². The second-order valence-corrected chi connectivity index (χ2v) is 5.82. The fraction of sp³-hybridized carbons (Fsp3) is 0.357. The third-order valence-corrected chi connectivity index (χ3v) is 4.23. The summed E-state index contributed by atoms with van der Waals surface area (Å²) in [6, 6.07) is 7.62. The summed E-state index contributed by atoms with van der Waals surface area (Å²) >= 11 is 12.1. The van der Waals surface area contributed by atoms with E-state index in [2.05, 4.69) is 21.6 Å². The van der Waals surface area contributed by atoms with Gasteiger partial charge in [0.15, 0.2) is 0 Å². The van der Waals surface area contributed by atoms with E-state index in [0.717, 1.165) is 11.3 Å². The molecule has 3 rings (SSSR count). The first-order chi connectivity index (χ1) is 9.24. The molecule has 19 heavy (non-hydrogen) atoms. The number of hydrogen-bond acceptors (Lipinski definition) is 1. The number of benzene rings is 1. The Labute approximate surface area is 122 Å². The van der Waals surface area contributed by atoms with Crippen LogP contribution in [0.25, 0.3) is 11.3 Å². The van der Waals surface area contributed by atoms with E-state index < -0.39 is 0 Å². The minimum absolute atomic E-state index is 0.595. The van der Waals surface area contributed by atoms with Crippen LogP contribution in [0, 0.1) is 0 Å². The van der Waals surface area contributed by atoms with Crippen molar-refractivity contribution in [2.45, 2.75) is 18.8 Å². The van der Waals surface area contributed by atoms with E-state index >= 15 is 0 Å². The molecule has 1 aliphatic heterocycles. The first-order valence-electron chi connectivity index (χ1n) is 6.56. The quantitative estimate of drug-likeness (QED) is 0.879. The minimum atomic E-state index is 0.595. The van der Waals surface area contributed by atoms with Gasteiger partial charge in [0.1, 0.15) is 0 Å². The smallest absolute Gasteiger partial charge is 0.0938 e. The van der Waals surface area contributed by atoms with E-state index in [1.165, 1.54) is 31.6 Å². The van der Waals surface area contributed by atoms with Gasteiger partial charge in [-0.05, 0) is 24.3 Å². The molecule has 0 unspecified atom stereocenters. The predicted molar refractivity (Wildman–Crippen MR) is 77.7 cm³/mol. The molecule has 3 N–H and O–H groups in total. The predicted octanol–water partition coefficient (Wildman–Crippen LogP) is 2.82. The monoisotopic (exact) mass is 296 g/mol. The average molecular weight is 297 g/mol. The van der Waals surface area contributed by atoms with Crippen molar-refractivity contribution in [1.29, 1.82) is 0 Å². The van der Waals surface area contributed by atoms with Gasteiger partial charge in [-0.25, -0.2) is 0 Å². The molecule has 0 radical (unpaired) electrons. The van der Waals surface area contributed by atoms with Crippen LogP contribution in [-0.2, 0) is 0 Å². The maximum atomic E-state index is 6.22. The topological polar surface area (TPSA) is 45.3 Å². The van der Waals surface area contributed by atoms with Gasteiger partial charge in [0.25, 0.3) is 0 Å². The van der Waals surface area contributed by atoms with Crippen molar-refractivity contribution in [2.24, 2.45) is 0 Å². The van der Waals surface area contributed by atoms with Crippen molar-refractivity contribution in [1.82, 2.24) is 10.2 Å². The molecule has 100 valence electrons. The van der Waals surface area contributed by atoms with Gasteiger partial charge in [0.2, 0.25) is 0 Å². The van der Waals surface area contributed by atoms with E-state index in [-0.39, 0.29) is 0 Å². The summed E-state index contributed by atoms with van der Waals surface area (Å²) in [5.74, 6) is 0.595. The number of piperidine rings is 1. The number of nitrogens with two attached hydrogens (primary N) is 1. The van der Waals surface area contributed by atoms with Crippen LogP contribution < -0.4 is 5.32 Å². The van der Waals surface area contributed by atoms with Gasteiger partial charge >= 0.3 is 0 Å². The zero-order valence-corrected chi connectivity index (χ0v) is 12.0. The molecule has 0 atom stereocenters. The number of nitrogens with one attached hydrogen (secondary N) is 1. The Balaban J connectivity index is 1.87. The summed E-state index contributed by atoms with van der Waals surface area (Å²) in [6.07, 6.45) is 2.41. The number of nitrogens with zero attached hydrogens (tertiary/aromatic N) is 1. The molecule has 1 saturated heterocycles. The Morgan fingerprint density at radius 1 is 1.16 bits per heavy atom. The lowest BCUT2D eigenvalue weighted by atomic mass is 9.94. The van der Waals surface area contributed by atoms with Crippen molar-refractivity contribution in [2.75, 3.05) is 13.1 Å². The third-order valence-electron chi connectivity index (χ3n) is 3.68. The highest BCUT2D eigenvalue weighted by Gasteiger charge is 2.20. The lowest BCUT2D eigenvalue weighted by Gasteiger charge is -2.18. The Morgan fingerprint density at radius 3 is 2.68 bits per heavy atom. The van der Waals surface area contributed by atoms with Crippen molar-refractivity contribution >= 4 is 23.2 Å². The van der Waals surface area contributed by atoms with Crippen LogP contribution in [0.2, 0.25) is 10.0 Å². The second kappa shape index (κ2) is 5.53. The Morgan fingerprint density at radius 2 is 1.95 bits per heavy atom. The molecule has 5 heteroatoms. The standard InChI is InChI=1S/C14H15Cl2N3/c15-10-1-2-11(12(16)7-10)14-8-13(18-19-14)9-3-5-17-6-4-9/h1-2,7-9,17H,3-6H2,(H,18,19)/p+1. The van der Waals surface area contributed by atoms with Crippen molar-refractivity contribution in [3.8, 4) is 11.3 Å². The highest BCUT2D eigenvalue weighted by molar-refractivity contribution is 6.36. The first kappa shape index (κ1) is 13.0. The summed E-state index contributed by atoms with van der Waals surface area (Å²) < 4.78 is 0. The van der Waals surface area contributed by atoms with E-state index in [0.29, 0.717) is 16.0 Å². The van der Waals surface area contributed by atoms with E-state index in [1.807, 2.05) is 12.1 Å². The van der Waals surface area contributed by atoms with Gasteiger partial charge in [-0.15, -0.1) is 0 Å². The number of quaternary nitrogens is 1. The Hall–Kier alpha value is -1.03. The third kappa shape index (κ3) is 2.78. The molecule has 0 saturated carbocycles. The number of aromatic amines is 1. The molecule has 1 fully saturated rings. The number of halogens is 2. The molecule has 1 aromatic carbocycles. The van der Waals surface area contributed by atoms with Crippen LogP contribution in [0.5, 0.6) is 0 Å². The van der Waals surface area contributed by atoms with Gasteiger partial charge in [-0.3, -0.25) is 5.10 Å². The largest absolute Gasteiger partial charge is 0.346 e. The maximum Gasteiger partial charge on any atom is 0.0938 e. The van der Waals surface area contributed by atoms with Crippen LogP contribution in [0.15, 0.2) is 24.3 Å². The van der Waals surface area contributed by atoms with Gasteiger partial charge in [-0.1, -0.05) is 23.2 Å². The summed E-state index contributed by atoms with van der Waals surface area (Å²) in [7, 11) is 0. The molecule has 2 aromatic rings. The second-order valence-electron chi connectivity index (χ2n) is 4.97.